The summed E-state index contributed by atoms with van der Waals surface area (Å²) in [6, 6.07) is 5.61. The van der Waals surface area contributed by atoms with Gasteiger partial charge in [0.1, 0.15) is 0 Å². The molecule has 112 valence electrons. The predicted octanol–water partition coefficient (Wildman–Crippen LogP) is 3.29. The quantitative estimate of drug-likeness (QED) is 0.614. The average Bonchev–Trinajstić information content (AvgIpc) is 2.29. The molecular formula is C15H25N3O2. The van der Waals surface area contributed by atoms with Crippen molar-refractivity contribution in [2.24, 2.45) is 5.92 Å². The Morgan fingerprint density at radius 1 is 1.35 bits per heavy atom. The predicted molar refractivity (Wildman–Crippen MR) is 83.3 cm³/mol. The lowest BCUT2D eigenvalue weighted by molar-refractivity contribution is -0.385. The summed E-state index contributed by atoms with van der Waals surface area (Å²) in [6.45, 7) is 7.02. The van der Waals surface area contributed by atoms with Crippen molar-refractivity contribution in [3.63, 3.8) is 0 Å². The number of hydrogen-bond acceptors (Lipinski definition) is 4. The van der Waals surface area contributed by atoms with E-state index in [0.29, 0.717) is 11.5 Å². The first-order chi connectivity index (χ1) is 9.29. The fourth-order valence-corrected chi connectivity index (χ4v) is 2.32. The number of nitro groups is 1. The lowest BCUT2D eigenvalue weighted by Gasteiger charge is -2.25. The van der Waals surface area contributed by atoms with Crippen molar-refractivity contribution in [2.75, 3.05) is 26.0 Å². The Balaban J connectivity index is 2.87. The molecule has 0 heterocycles. The monoisotopic (exact) mass is 279 g/mol. The second-order valence-electron chi connectivity index (χ2n) is 5.99. The van der Waals surface area contributed by atoms with Gasteiger partial charge in [-0.1, -0.05) is 19.9 Å². The number of anilines is 1. The fourth-order valence-electron chi connectivity index (χ4n) is 2.32. The Morgan fingerprint density at radius 2 is 2.00 bits per heavy atom. The minimum absolute atomic E-state index is 0.170. The molecule has 0 aromatic heterocycles. The summed E-state index contributed by atoms with van der Waals surface area (Å²) in [6.07, 6.45) is 1.03. The van der Waals surface area contributed by atoms with Gasteiger partial charge in [0.15, 0.2) is 0 Å². The van der Waals surface area contributed by atoms with Gasteiger partial charge in [0, 0.05) is 29.9 Å². The summed E-state index contributed by atoms with van der Waals surface area (Å²) < 4.78 is 0. The second kappa shape index (κ2) is 7.24. The molecule has 1 rings (SSSR count). The van der Waals surface area contributed by atoms with E-state index in [1.54, 1.807) is 19.1 Å². The first-order valence-corrected chi connectivity index (χ1v) is 6.96. The van der Waals surface area contributed by atoms with E-state index in [0.717, 1.165) is 18.7 Å². The van der Waals surface area contributed by atoms with Gasteiger partial charge in [0.25, 0.3) is 5.69 Å². The van der Waals surface area contributed by atoms with E-state index in [-0.39, 0.29) is 16.7 Å². The number of nitrogens with one attached hydrogen (secondary N) is 1. The molecule has 1 unspecified atom stereocenters. The molecule has 1 N–H and O–H groups in total. The van der Waals surface area contributed by atoms with Crippen LogP contribution in [0.5, 0.6) is 0 Å². The summed E-state index contributed by atoms with van der Waals surface area (Å²) in [5, 5.41) is 14.4. The zero-order valence-corrected chi connectivity index (χ0v) is 13.0. The maximum atomic E-state index is 11.0. The number of nitro benzene ring substituents is 1. The summed E-state index contributed by atoms with van der Waals surface area (Å²) in [4.78, 5) is 12.8. The van der Waals surface area contributed by atoms with Crippen molar-refractivity contribution in [1.82, 2.24) is 4.90 Å². The molecule has 1 aromatic carbocycles. The van der Waals surface area contributed by atoms with E-state index in [4.69, 9.17) is 0 Å². The Labute approximate surface area is 121 Å². The van der Waals surface area contributed by atoms with Crippen molar-refractivity contribution in [1.29, 1.82) is 0 Å². The Bertz CT molecular complexity index is 448. The highest BCUT2D eigenvalue weighted by molar-refractivity contribution is 5.55. The lowest BCUT2D eigenvalue weighted by Crippen LogP contribution is -2.33. The summed E-state index contributed by atoms with van der Waals surface area (Å²) in [7, 11) is 4.07. The van der Waals surface area contributed by atoms with Crippen molar-refractivity contribution < 1.29 is 4.92 Å². The minimum Gasteiger partial charge on any atom is -0.381 e. The first-order valence-electron chi connectivity index (χ1n) is 6.96. The molecule has 1 aromatic rings. The van der Waals surface area contributed by atoms with Crippen LogP contribution in [0.2, 0.25) is 0 Å². The van der Waals surface area contributed by atoms with Gasteiger partial charge in [0.05, 0.1) is 4.92 Å². The van der Waals surface area contributed by atoms with Crippen LogP contribution in [0.1, 0.15) is 25.8 Å². The largest absolute Gasteiger partial charge is 0.381 e. The van der Waals surface area contributed by atoms with Gasteiger partial charge in [-0.15, -0.1) is 0 Å². The van der Waals surface area contributed by atoms with Crippen LogP contribution in [0.4, 0.5) is 11.4 Å². The van der Waals surface area contributed by atoms with Gasteiger partial charge in [-0.2, -0.15) is 0 Å². The van der Waals surface area contributed by atoms with Crippen molar-refractivity contribution in [3.8, 4) is 0 Å². The van der Waals surface area contributed by atoms with Crippen LogP contribution >= 0.6 is 0 Å². The van der Waals surface area contributed by atoms with Crippen LogP contribution in [-0.2, 0) is 0 Å². The molecule has 20 heavy (non-hydrogen) atoms. The Morgan fingerprint density at radius 3 is 2.50 bits per heavy atom. The van der Waals surface area contributed by atoms with Crippen molar-refractivity contribution in [2.45, 2.75) is 33.2 Å². The van der Waals surface area contributed by atoms with E-state index < -0.39 is 0 Å². The highest BCUT2D eigenvalue weighted by Crippen LogP contribution is 2.23. The van der Waals surface area contributed by atoms with Gasteiger partial charge in [-0.25, -0.2) is 0 Å². The number of likely N-dealkylation sites (N-methyl/N-ethyl adjacent to an activating group) is 1. The minimum atomic E-state index is -0.329. The SMILES string of the molecule is Cc1ccc(NC(CC(C)C)CN(C)C)cc1[N+](=O)[O-]. The average molecular weight is 279 g/mol. The van der Waals surface area contributed by atoms with E-state index in [1.165, 1.54) is 0 Å². The topological polar surface area (TPSA) is 58.4 Å². The molecule has 0 aliphatic rings. The maximum absolute atomic E-state index is 11.0. The van der Waals surface area contributed by atoms with Gasteiger partial charge in [-0.05, 0) is 39.4 Å². The molecule has 0 amide bonds. The van der Waals surface area contributed by atoms with Crippen molar-refractivity contribution in [3.05, 3.63) is 33.9 Å². The van der Waals surface area contributed by atoms with Crippen LogP contribution in [0.25, 0.3) is 0 Å². The normalized spacial score (nSPS) is 12.8. The number of rotatable bonds is 7. The second-order valence-corrected chi connectivity index (χ2v) is 5.99. The van der Waals surface area contributed by atoms with Gasteiger partial charge < -0.3 is 10.2 Å². The molecule has 0 aliphatic heterocycles. The third-order valence-corrected chi connectivity index (χ3v) is 3.12. The number of hydrogen-bond donors (Lipinski definition) is 1. The third kappa shape index (κ3) is 5.17. The van der Waals surface area contributed by atoms with Crippen molar-refractivity contribution >= 4 is 11.4 Å². The van der Waals surface area contributed by atoms with E-state index in [9.17, 15) is 10.1 Å². The number of nitrogens with zero attached hydrogens (tertiary/aromatic N) is 2. The highest BCUT2D eigenvalue weighted by Gasteiger charge is 2.15. The molecule has 5 heteroatoms. The maximum Gasteiger partial charge on any atom is 0.274 e. The summed E-state index contributed by atoms with van der Waals surface area (Å²) in [5.41, 5.74) is 1.67. The Hall–Kier alpha value is -1.62. The standard InChI is InChI=1S/C15H25N3O2/c1-11(2)8-14(10-17(4)5)16-13-7-6-12(3)15(9-13)18(19)20/h6-7,9,11,14,16H,8,10H2,1-5H3. The zero-order chi connectivity index (χ0) is 15.3. The summed E-state index contributed by atoms with van der Waals surface area (Å²) >= 11 is 0. The summed E-state index contributed by atoms with van der Waals surface area (Å²) in [5.74, 6) is 0.577. The fraction of sp³-hybridized carbons (Fsp3) is 0.600. The lowest BCUT2D eigenvalue weighted by atomic mass is 10.0. The molecular weight excluding hydrogens is 254 g/mol. The van der Waals surface area contributed by atoms with Gasteiger partial charge in [0.2, 0.25) is 0 Å². The molecule has 0 aliphatic carbocycles. The van der Waals surface area contributed by atoms with Crippen LogP contribution in [-0.4, -0.2) is 36.5 Å². The molecule has 5 nitrogen and oxygen atoms in total. The molecule has 0 bridgehead atoms. The first kappa shape index (κ1) is 16.4. The van der Waals surface area contributed by atoms with E-state index >= 15 is 0 Å². The highest BCUT2D eigenvalue weighted by atomic mass is 16.6. The van der Waals surface area contributed by atoms with E-state index in [1.807, 2.05) is 20.2 Å². The number of aryl methyl sites for hydroxylation is 1. The van der Waals surface area contributed by atoms with Crippen LogP contribution in [0.15, 0.2) is 18.2 Å². The number of benzene rings is 1. The van der Waals surface area contributed by atoms with Crippen LogP contribution in [0.3, 0.4) is 0 Å². The molecule has 0 saturated heterocycles. The smallest absolute Gasteiger partial charge is 0.274 e. The molecule has 0 fully saturated rings. The molecule has 0 radical (unpaired) electrons. The van der Waals surface area contributed by atoms with Crippen LogP contribution < -0.4 is 5.32 Å². The zero-order valence-electron chi connectivity index (χ0n) is 13.0. The molecule has 0 saturated carbocycles. The van der Waals surface area contributed by atoms with Gasteiger partial charge >= 0.3 is 0 Å². The third-order valence-electron chi connectivity index (χ3n) is 3.12. The van der Waals surface area contributed by atoms with E-state index in [2.05, 4.69) is 24.1 Å². The van der Waals surface area contributed by atoms with Crippen LogP contribution in [0, 0.1) is 23.0 Å². The molecule has 1 atom stereocenters. The molecule has 0 spiro atoms. The Kier molecular flexibility index (Phi) is 5.95. The van der Waals surface area contributed by atoms with Gasteiger partial charge in [-0.3, -0.25) is 10.1 Å².